The van der Waals surface area contributed by atoms with Crippen molar-refractivity contribution in [1.82, 2.24) is 9.80 Å². The number of thiophene rings is 1. The van der Waals surface area contributed by atoms with Gasteiger partial charge in [0.15, 0.2) is 0 Å². The Hall–Kier alpha value is -2.18. The fourth-order valence-electron chi connectivity index (χ4n) is 3.05. The predicted octanol–water partition coefficient (Wildman–Crippen LogP) is 2.22. The molecule has 1 unspecified atom stereocenters. The number of hydrogen-bond donors (Lipinski definition) is 1. The molecule has 1 aliphatic rings. The Kier molecular flexibility index (Phi) is 4.92. The zero-order chi connectivity index (χ0) is 18.0. The van der Waals surface area contributed by atoms with Crippen LogP contribution in [0.1, 0.15) is 27.0 Å². The normalized spacial score (nSPS) is 17.2. The van der Waals surface area contributed by atoms with Gasteiger partial charge in [-0.25, -0.2) is 0 Å². The van der Waals surface area contributed by atoms with Crippen molar-refractivity contribution in [3.8, 4) is 0 Å². The lowest BCUT2D eigenvalue weighted by atomic mass is 9.91. The van der Waals surface area contributed by atoms with Crippen LogP contribution in [0.25, 0.3) is 0 Å². The van der Waals surface area contributed by atoms with E-state index in [1.165, 1.54) is 11.3 Å². The van der Waals surface area contributed by atoms with Crippen LogP contribution in [0.15, 0.2) is 42.5 Å². The first-order chi connectivity index (χ1) is 11.9. The first kappa shape index (κ1) is 17.6. The van der Waals surface area contributed by atoms with Crippen LogP contribution in [0, 0.1) is 6.92 Å². The van der Waals surface area contributed by atoms with Crippen molar-refractivity contribution in [3.05, 3.63) is 57.8 Å². The van der Waals surface area contributed by atoms with E-state index in [1.54, 1.807) is 11.8 Å². The number of nitrogens with zero attached hydrogens (tertiary/aromatic N) is 2. The molecule has 0 radical (unpaired) electrons. The van der Waals surface area contributed by atoms with E-state index < -0.39 is 5.54 Å². The summed E-state index contributed by atoms with van der Waals surface area (Å²) in [5.74, 6) is -0.0541. The molecule has 25 heavy (non-hydrogen) atoms. The van der Waals surface area contributed by atoms with Crippen molar-refractivity contribution in [3.63, 3.8) is 0 Å². The highest BCUT2D eigenvalue weighted by Crippen LogP contribution is 2.22. The molecule has 2 aromatic rings. The molecule has 1 atom stereocenters. The van der Waals surface area contributed by atoms with Crippen LogP contribution >= 0.6 is 11.3 Å². The predicted molar refractivity (Wildman–Crippen MR) is 99.5 cm³/mol. The van der Waals surface area contributed by atoms with Gasteiger partial charge >= 0.3 is 0 Å². The lowest BCUT2D eigenvalue weighted by Crippen LogP contribution is -2.57. The largest absolute Gasteiger partial charge is 0.337 e. The van der Waals surface area contributed by atoms with Crippen molar-refractivity contribution in [2.45, 2.75) is 19.4 Å². The third-order valence-corrected chi connectivity index (χ3v) is 5.61. The molecule has 2 amide bonds. The molecule has 0 spiro atoms. The summed E-state index contributed by atoms with van der Waals surface area (Å²) in [6.45, 7) is 5.82. The molecule has 2 heterocycles. The number of hydrogen-bond acceptors (Lipinski definition) is 4. The highest BCUT2D eigenvalue weighted by molar-refractivity contribution is 7.13. The Morgan fingerprint density at radius 3 is 2.16 bits per heavy atom. The molecule has 0 saturated carbocycles. The van der Waals surface area contributed by atoms with Gasteiger partial charge in [0.1, 0.15) is 5.54 Å². The SMILES string of the molecule is Cc1ccc(C(=O)N2CCN(C(=O)C(C)(N)c3ccccc3)CC2)s1. The molecule has 1 aromatic carbocycles. The van der Waals surface area contributed by atoms with Crippen LogP contribution in [0.4, 0.5) is 0 Å². The van der Waals surface area contributed by atoms with Gasteiger partial charge in [0, 0.05) is 31.1 Å². The second-order valence-electron chi connectivity index (χ2n) is 6.56. The van der Waals surface area contributed by atoms with E-state index in [-0.39, 0.29) is 11.8 Å². The fraction of sp³-hybridized carbons (Fsp3) is 0.368. The Morgan fingerprint density at radius 1 is 1.00 bits per heavy atom. The Labute approximate surface area is 152 Å². The van der Waals surface area contributed by atoms with Gasteiger partial charge in [-0.3, -0.25) is 9.59 Å². The smallest absolute Gasteiger partial charge is 0.264 e. The maximum absolute atomic E-state index is 12.9. The zero-order valence-corrected chi connectivity index (χ0v) is 15.4. The average molecular weight is 357 g/mol. The van der Waals surface area contributed by atoms with Crippen LogP contribution in [-0.2, 0) is 10.3 Å². The number of rotatable bonds is 3. The van der Waals surface area contributed by atoms with Crippen molar-refractivity contribution in [2.24, 2.45) is 5.73 Å². The monoisotopic (exact) mass is 357 g/mol. The lowest BCUT2D eigenvalue weighted by Gasteiger charge is -2.38. The summed E-state index contributed by atoms with van der Waals surface area (Å²) in [6.07, 6.45) is 0. The van der Waals surface area contributed by atoms with Gasteiger partial charge in [-0.15, -0.1) is 11.3 Å². The van der Waals surface area contributed by atoms with Gasteiger partial charge in [0.25, 0.3) is 5.91 Å². The maximum atomic E-state index is 12.9. The maximum Gasteiger partial charge on any atom is 0.264 e. The summed E-state index contributed by atoms with van der Waals surface area (Å²) in [5.41, 5.74) is 6.07. The summed E-state index contributed by atoms with van der Waals surface area (Å²) in [7, 11) is 0. The molecule has 3 rings (SSSR count). The molecule has 1 saturated heterocycles. The number of piperazine rings is 1. The van der Waals surface area contributed by atoms with E-state index in [1.807, 2.05) is 54.3 Å². The van der Waals surface area contributed by atoms with Crippen molar-refractivity contribution >= 4 is 23.2 Å². The van der Waals surface area contributed by atoms with E-state index in [4.69, 9.17) is 5.73 Å². The Morgan fingerprint density at radius 2 is 1.60 bits per heavy atom. The van der Waals surface area contributed by atoms with Crippen LogP contribution in [0.2, 0.25) is 0 Å². The number of carbonyl (C=O) groups is 2. The molecule has 1 fully saturated rings. The third-order valence-electron chi connectivity index (χ3n) is 4.62. The first-order valence-electron chi connectivity index (χ1n) is 8.39. The minimum atomic E-state index is -1.06. The first-order valence-corrected chi connectivity index (χ1v) is 9.21. The minimum Gasteiger partial charge on any atom is -0.337 e. The summed E-state index contributed by atoms with van der Waals surface area (Å²) in [4.78, 5) is 30.8. The fourth-order valence-corrected chi connectivity index (χ4v) is 3.89. The number of benzene rings is 1. The van der Waals surface area contributed by atoms with E-state index >= 15 is 0 Å². The standard InChI is InChI=1S/C19H23N3O2S/c1-14-8-9-16(25-14)17(23)21-10-12-22(13-11-21)18(24)19(2,20)15-6-4-3-5-7-15/h3-9H,10-13,20H2,1-2H3. The van der Waals surface area contributed by atoms with Crippen molar-refractivity contribution in [2.75, 3.05) is 26.2 Å². The highest BCUT2D eigenvalue weighted by Gasteiger charge is 2.36. The van der Waals surface area contributed by atoms with Crippen LogP contribution in [0.5, 0.6) is 0 Å². The molecule has 2 N–H and O–H groups in total. The molecular formula is C19H23N3O2S. The Bertz CT molecular complexity index is 762. The number of aryl methyl sites for hydroxylation is 1. The molecule has 0 bridgehead atoms. The molecule has 5 nitrogen and oxygen atoms in total. The van der Waals surface area contributed by atoms with E-state index in [9.17, 15) is 9.59 Å². The van der Waals surface area contributed by atoms with Gasteiger partial charge in [-0.2, -0.15) is 0 Å². The Balaban J connectivity index is 1.64. The van der Waals surface area contributed by atoms with Gasteiger partial charge in [-0.1, -0.05) is 30.3 Å². The van der Waals surface area contributed by atoms with Gasteiger partial charge < -0.3 is 15.5 Å². The van der Waals surface area contributed by atoms with E-state index in [0.29, 0.717) is 26.2 Å². The van der Waals surface area contributed by atoms with Crippen LogP contribution < -0.4 is 5.73 Å². The number of amides is 2. The van der Waals surface area contributed by atoms with E-state index in [0.717, 1.165) is 15.3 Å². The van der Waals surface area contributed by atoms with Crippen LogP contribution in [-0.4, -0.2) is 47.8 Å². The van der Waals surface area contributed by atoms with Gasteiger partial charge in [0.2, 0.25) is 5.91 Å². The highest BCUT2D eigenvalue weighted by atomic mass is 32.1. The second kappa shape index (κ2) is 6.98. The van der Waals surface area contributed by atoms with E-state index in [2.05, 4.69) is 0 Å². The second-order valence-corrected chi connectivity index (χ2v) is 7.85. The topological polar surface area (TPSA) is 66.6 Å². The molecule has 0 aliphatic carbocycles. The quantitative estimate of drug-likeness (QED) is 0.916. The lowest BCUT2D eigenvalue weighted by molar-refractivity contribution is -0.138. The number of carbonyl (C=O) groups excluding carboxylic acids is 2. The molecule has 1 aromatic heterocycles. The molecule has 132 valence electrons. The summed E-state index contributed by atoms with van der Waals surface area (Å²) in [5, 5.41) is 0. The van der Waals surface area contributed by atoms with Crippen LogP contribution in [0.3, 0.4) is 0 Å². The third kappa shape index (κ3) is 3.60. The molecular weight excluding hydrogens is 334 g/mol. The van der Waals surface area contributed by atoms with Crippen molar-refractivity contribution in [1.29, 1.82) is 0 Å². The zero-order valence-electron chi connectivity index (χ0n) is 14.6. The summed E-state index contributed by atoms with van der Waals surface area (Å²) < 4.78 is 0. The van der Waals surface area contributed by atoms with Gasteiger partial charge in [-0.05, 0) is 31.5 Å². The molecule has 6 heteroatoms. The summed E-state index contributed by atoms with van der Waals surface area (Å²) in [6, 6.07) is 13.2. The van der Waals surface area contributed by atoms with Gasteiger partial charge in [0.05, 0.1) is 4.88 Å². The number of nitrogens with two attached hydrogens (primary N) is 1. The summed E-state index contributed by atoms with van der Waals surface area (Å²) >= 11 is 1.51. The van der Waals surface area contributed by atoms with Crippen molar-refractivity contribution < 1.29 is 9.59 Å². The average Bonchev–Trinajstić information content (AvgIpc) is 3.07. The molecule has 1 aliphatic heterocycles. The minimum absolute atomic E-state index is 0.0452.